The van der Waals surface area contributed by atoms with Crippen LogP contribution in [-0.4, -0.2) is 9.78 Å². The van der Waals surface area contributed by atoms with Crippen LogP contribution >= 0.6 is 15.9 Å². The van der Waals surface area contributed by atoms with Gasteiger partial charge in [0.05, 0.1) is 6.20 Å². The zero-order valence-corrected chi connectivity index (χ0v) is 11.6. The first-order chi connectivity index (χ1) is 8.20. The molecule has 90 valence electrons. The third-order valence-corrected chi connectivity index (χ3v) is 3.24. The quantitative estimate of drug-likeness (QED) is 0.862. The van der Waals surface area contributed by atoms with Crippen molar-refractivity contribution in [1.29, 1.82) is 0 Å². The zero-order valence-electron chi connectivity index (χ0n) is 9.98. The van der Waals surface area contributed by atoms with Gasteiger partial charge in [-0.15, -0.1) is 0 Å². The summed E-state index contributed by atoms with van der Waals surface area (Å²) in [5.41, 5.74) is 2.30. The van der Waals surface area contributed by atoms with Crippen LogP contribution in [0.4, 0.5) is 0 Å². The molecule has 3 nitrogen and oxygen atoms in total. The van der Waals surface area contributed by atoms with Crippen molar-refractivity contribution in [3.63, 3.8) is 0 Å². The summed E-state index contributed by atoms with van der Waals surface area (Å²) in [6, 6.07) is 7.84. The van der Waals surface area contributed by atoms with Crippen molar-refractivity contribution in [2.45, 2.75) is 27.0 Å². The van der Waals surface area contributed by atoms with Gasteiger partial charge in [-0.25, -0.2) is 0 Å². The summed E-state index contributed by atoms with van der Waals surface area (Å²) in [7, 11) is 0. The highest BCUT2D eigenvalue weighted by molar-refractivity contribution is 9.10. The molecule has 0 amide bonds. The Labute approximate surface area is 110 Å². The van der Waals surface area contributed by atoms with Crippen LogP contribution in [0.3, 0.4) is 0 Å². The Kier molecular flexibility index (Phi) is 3.84. The Bertz CT molecular complexity index is 491. The fourth-order valence-corrected chi connectivity index (χ4v) is 1.90. The fourth-order valence-electron chi connectivity index (χ4n) is 1.64. The number of ether oxygens (including phenoxy) is 1. The van der Waals surface area contributed by atoms with Gasteiger partial charge in [0, 0.05) is 22.3 Å². The smallest absolute Gasteiger partial charge is 0.119 e. The van der Waals surface area contributed by atoms with Crippen LogP contribution in [0, 0.1) is 6.92 Å². The number of rotatable bonds is 4. The molecule has 2 aromatic rings. The molecule has 0 bridgehead atoms. The maximum absolute atomic E-state index is 5.71. The Morgan fingerprint density at radius 1 is 1.29 bits per heavy atom. The number of halogens is 1. The van der Waals surface area contributed by atoms with Crippen LogP contribution in [0.25, 0.3) is 0 Å². The largest absolute Gasteiger partial charge is 0.489 e. The molecule has 0 aliphatic heterocycles. The lowest BCUT2D eigenvalue weighted by molar-refractivity contribution is 0.305. The Balaban J connectivity index is 2.02. The molecule has 1 aromatic carbocycles. The van der Waals surface area contributed by atoms with E-state index in [0.717, 1.165) is 22.3 Å². The van der Waals surface area contributed by atoms with E-state index in [1.165, 1.54) is 5.69 Å². The van der Waals surface area contributed by atoms with Crippen LogP contribution < -0.4 is 4.74 Å². The highest BCUT2D eigenvalue weighted by atomic mass is 79.9. The summed E-state index contributed by atoms with van der Waals surface area (Å²) in [6.45, 7) is 5.60. The van der Waals surface area contributed by atoms with E-state index in [9.17, 15) is 0 Å². The molecule has 0 aliphatic rings. The minimum absolute atomic E-state index is 0.563. The highest BCUT2D eigenvalue weighted by Crippen LogP contribution is 2.18. The molecular weight excluding hydrogens is 280 g/mol. The lowest BCUT2D eigenvalue weighted by atomic mass is 10.3. The topological polar surface area (TPSA) is 27.1 Å². The van der Waals surface area contributed by atoms with Gasteiger partial charge in [-0.2, -0.15) is 5.10 Å². The van der Waals surface area contributed by atoms with E-state index >= 15 is 0 Å². The van der Waals surface area contributed by atoms with Crippen LogP contribution in [0.5, 0.6) is 5.75 Å². The lowest BCUT2D eigenvalue weighted by Crippen LogP contribution is -2.01. The Hall–Kier alpha value is -1.29. The Morgan fingerprint density at radius 3 is 2.59 bits per heavy atom. The molecule has 1 heterocycles. The molecule has 0 atom stereocenters. The monoisotopic (exact) mass is 294 g/mol. The number of hydrogen-bond acceptors (Lipinski definition) is 2. The molecule has 0 fully saturated rings. The molecule has 0 aliphatic carbocycles. The van der Waals surface area contributed by atoms with Gasteiger partial charge >= 0.3 is 0 Å². The van der Waals surface area contributed by atoms with Crippen molar-refractivity contribution in [2.75, 3.05) is 0 Å². The van der Waals surface area contributed by atoms with Crippen molar-refractivity contribution >= 4 is 15.9 Å². The maximum atomic E-state index is 5.71. The zero-order chi connectivity index (χ0) is 12.3. The van der Waals surface area contributed by atoms with Gasteiger partial charge in [-0.1, -0.05) is 15.9 Å². The minimum atomic E-state index is 0.563. The second-order valence-electron chi connectivity index (χ2n) is 3.81. The molecule has 1 aromatic heterocycles. The number of hydrogen-bond donors (Lipinski definition) is 0. The lowest BCUT2D eigenvalue weighted by Gasteiger charge is -2.06. The highest BCUT2D eigenvalue weighted by Gasteiger charge is 2.05. The summed E-state index contributed by atoms with van der Waals surface area (Å²) in [6.07, 6.45) is 1.87. The number of aryl methyl sites for hydroxylation is 1. The third-order valence-electron chi connectivity index (χ3n) is 2.71. The summed E-state index contributed by atoms with van der Waals surface area (Å²) < 4.78 is 8.74. The van der Waals surface area contributed by atoms with Crippen molar-refractivity contribution in [1.82, 2.24) is 9.78 Å². The molecular formula is C13H15BrN2O. The number of benzene rings is 1. The molecule has 0 N–H and O–H groups in total. The Morgan fingerprint density at radius 2 is 2.00 bits per heavy atom. The van der Waals surface area contributed by atoms with Crippen LogP contribution in [0.2, 0.25) is 0 Å². The van der Waals surface area contributed by atoms with Crippen molar-refractivity contribution in [2.24, 2.45) is 0 Å². The van der Waals surface area contributed by atoms with Gasteiger partial charge in [0.2, 0.25) is 0 Å². The fraction of sp³-hybridized carbons (Fsp3) is 0.308. The average Bonchev–Trinajstić information content (AvgIpc) is 2.69. The van der Waals surface area contributed by atoms with Crippen molar-refractivity contribution in [3.05, 3.63) is 46.2 Å². The van der Waals surface area contributed by atoms with E-state index in [4.69, 9.17) is 4.74 Å². The predicted octanol–water partition coefficient (Wildman–Crippen LogP) is 3.55. The van der Waals surface area contributed by atoms with E-state index < -0.39 is 0 Å². The van der Waals surface area contributed by atoms with Gasteiger partial charge in [-0.05, 0) is 38.1 Å². The first-order valence-electron chi connectivity index (χ1n) is 5.60. The van der Waals surface area contributed by atoms with E-state index in [0.29, 0.717) is 6.61 Å². The summed E-state index contributed by atoms with van der Waals surface area (Å²) in [5.74, 6) is 0.872. The van der Waals surface area contributed by atoms with Gasteiger partial charge < -0.3 is 4.74 Å². The third kappa shape index (κ3) is 2.88. The predicted molar refractivity (Wildman–Crippen MR) is 71.1 cm³/mol. The average molecular weight is 295 g/mol. The van der Waals surface area contributed by atoms with Gasteiger partial charge in [0.15, 0.2) is 0 Å². The molecule has 17 heavy (non-hydrogen) atoms. The van der Waals surface area contributed by atoms with Gasteiger partial charge in [0.1, 0.15) is 12.4 Å². The number of aromatic nitrogens is 2. The summed E-state index contributed by atoms with van der Waals surface area (Å²) >= 11 is 3.40. The second kappa shape index (κ2) is 5.36. The van der Waals surface area contributed by atoms with Crippen molar-refractivity contribution in [3.8, 4) is 5.75 Å². The van der Waals surface area contributed by atoms with Gasteiger partial charge in [-0.3, -0.25) is 4.68 Å². The molecule has 2 rings (SSSR count). The molecule has 0 spiro atoms. The first kappa shape index (κ1) is 12.2. The van der Waals surface area contributed by atoms with E-state index in [1.807, 2.05) is 35.1 Å². The van der Waals surface area contributed by atoms with Crippen LogP contribution in [0.1, 0.15) is 18.2 Å². The molecule has 0 unspecified atom stereocenters. The number of nitrogens with zero attached hydrogens (tertiary/aromatic N) is 2. The summed E-state index contributed by atoms with van der Waals surface area (Å²) in [4.78, 5) is 0. The summed E-state index contributed by atoms with van der Waals surface area (Å²) in [5, 5.41) is 4.29. The standard InChI is InChI=1S/C13H15BrN2O/c1-3-16-10(2)11(8-15-16)9-17-13-6-4-12(14)5-7-13/h4-8H,3,9H2,1-2H3. The maximum Gasteiger partial charge on any atom is 0.119 e. The molecule has 0 radical (unpaired) electrons. The second-order valence-corrected chi connectivity index (χ2v) is 4.73. The van der Waals surface area contributed by atoms with Crippen molar-refractivity contribution < 1.29 is 4.74 Å². The molecule has 0 saturated carbocycles. The van der Waals surface area contributed by atoms with E-state index in [2.05, 4.69) is 34.9 Å². The minimum Gasteiger partial charge on any atom is -0.489 e. The molecule has 4 heteroatoms. The van der Waals surface area contributed by atoms with E-state index in [1.54, 1.807) is 0 Å². The van der Waals surface area contributed by atoms with Crippen LogP contribution in [-0.2, 0) is 13.2 Å². The SMILES string of the molecule is CCn1ncc(COc2ccc(Br)cc2)c1C. The van der Waals surface area contributed by atoms with Gasteiger partial charge in [0.25, 0.3) is 0 Å². The van der Waals surface area contributed by atoms with Crippen LogP contribution in [0.15, 0.2) is 34.9 Å². The molecule has 0 saturated heterocycles. The first-order valence-corrected chi connectivity index (χ1v) is 6.39. The van der Waals surface area contributed by atoms with E-state index in [-0.39, 0.29) is 0 Å². The normalized spacial score (nSPS) is 10.5.